The third-order valence-corrected chi connectivity index (χ3v) is 21.6. The normalized spacial score (nSPS) is 18.6. The number of rotatable bonds is 5. The molecule has 23 nitrogen and oxygen atoms in total. The van der Waals surface area contributed by atoms with Gasteiger partial charge in [-0.1, -0.05) is 0 Å². The second-order valence-electron chi connectivity index (χ2n) is 29.2. The molecule has 6 aliphatic rings. The molecule has 0 saturated carbocycles. The van der Waals surface area contributed by atoms with E-state index in [-0.39, 0.29) is 150 Å². The van der Waals surface area contributed by atoms with E-state index in [1.54, 1.807) is 24.3 Å². The zero-order chi connectivity index (χ0) is 76.3. The van der Waals surface area contributed by atoms with Gasteiger partial charge in [0, 0.05) is 144 Å². The van der Waals surface area contributed by atoms with Crippen LogP contribution in [-0.4, -0.2) is 145 Å². The fourth-order valence-electron chi connectivity index (χ4n) is 13.6. The predicted octanol–water partition coefficient (Wildman–Crippen LogP) is 7.21. The third-order valence-electron chi connectivity index (χ3n) is 20.6. The molecule has 6 fully saturated rings. The molecule has 0 radical (unpaired) electrons. The molecule has 0 amide bonds. The molecule has 18 rings (SSSR count). The van der Waals surface area contributed by atoms with Crippen molar-refractivity contribution in [3.05, 3.63) is 215 Å². The van der Waals surface area contributed by atoms with E-state index in [1.807, 2.05) is 175 Å². The van der Waals surface area contributed by atoms with Gasteiger partial charge in [-0.05, 0) is 238 Å². The van der Waals surface area contributed by atoms with Crippen molar-refractivity contribution >= 4 is 108 Å². The maximum Gasteiger partial charge on any atom is 1.00 e. The van der Waals surface area contributed by atoms with E-state index < -0.39 is 36.9 Å². The van der Waals surface area contributed by atoms with Crippen LogP contribution < -0.4 is 135 Å². The summed E-state index contributed by atoms with van der Waals surface area (Å²) in [4.78, 5) is 68.0. The van der Waals surface area contributed by atoms with E-state index in [9.17, 15) is 23.2 Å². The molecule has 9 aromatic heterocycles. The smallest absolute Gasteiger partial charge is 1.00 e. The largest absolute Gasteiger partial charge is 1.00 e. The van der Waals surface area contributed by atoms with Crippen LogP contribution in [0.4, 0.5) is 14.5 Å². The Labute approximate surface area is 733 Å². The zero-order valence-electron chi connectivity index (χ0n) is 64.6. The van der Waals surface area contributed by atoms with Crippen molar-refractivity contribution in [2.75, 3.05) is 57.3 Å². The minimum Gasteiger partial charge on any atom is -1.00 e. The standard InChI is InChI=1S/C24H24N4O2.C17H11FN2O2.C12H24B2O4.C9H4BrFO2.C8H7BrN2.C7H14N2.CH2O3.2K.H/c1-16-13-28-14-18(5-7-23(28)25-16)21-11-17-4-6-19(12-22(17)30-24(21)29)27-10-9-26-8-2-3-20(26)15-27;1-10-8-20-9-12(3-5-16(20)19-10)14-6-11-2-4-13(18)7-15(11)22-17(14)21;1-9(2)10(3,4)16-13(15-9)14-17-11(5,6)12(7,8)18-14;10-7-3-5-1-2-6(11)4-8(5)13-9(7)12;1-6-4-11-5-7(9)2-3-8(11)10-6;1-2-7-6-8-3-5-9(7)4-1;2-1-4-3;;;/h4-7,11-14,20H,2-3,8-10,15H2,1H3;2-9H,1H3;1-8H3;1-4H;2-5H,1H3;7-8H,1-6H2;1,3H;;;/q;;;;;;;2*+1;-1/p-1/t20-;;;;;7-;;;;/m0....0..../s1. The number of halogens is 4. The number of hydrogen-bond acceptors (Lipinski definition) is 20. The SMILES string of the molecule is C1C[C@H]2CNCCN2C1.CC1(C)OB(B2OC(C)(C)C(C)(C)O2)OC1(C)C.Cc1cn2cc(-c3cc4ccc(F)cc4oc3=O)ccc2n1.Cc1cn2cc(-c3cc4ccc(N5CCN6CCC[C@H]6C5)cc4oc3=O)ccc2n1.Cc1cn2cc(Br)ccc2n1.O=CO[O-].O=c1oc2cc(F)ccc2cc1Br.[H-].[K+].[K+]. The molecule has 15 heterocycles. The van der Waals surface area contributed by atoms with Crippen LogP contribution in [-0.2, 0) is 28.3 Å². The van der Waals surface area contributed by atoms with Crippen LogP contribution in [0.15, 0.2) is 183 Å². The number of nitrogens with one attached hydrogen (secondary N) is 1. The average molecular weight is 1670 g/mol. The average Bonchev–Trinajstić information content (AvgIpc) is 1.59. The first-order valence-corrected chi connectivity index (χ1v) is 37.1. The molecule has 0 spiro atoms. The second kappa shape index (κ2) is 36.8. The number of carbonyl (C=O) groups excluding carboxylic acids is 1. The number of nitrogens with zero attached hydrogens (tertiary/aromatic N) is 9. The van der Waals surface area contributed by atoms with E-state index in [0.29, 0.717) is 38.0 Å². The van der Waals surface area contributed by atoms with Crippen molar-refractivity contribution in [2.45, 2.75) is 136 Å². The van der Waals surface area contributed by atoms with Gasteiger partial charge in [0.05, 0.1) is 50.6 Å². The van der Waals surface area contributed by atoms with Crippen LogP contribution in [0, 0.1) is 32.4 Å². The molecule has 562 valence electrons. The van der Waals surface area contributed by atoms with Gasteiger partial charge in [0.1, 0.15) is 49.8 Å². The predicted molar refractivity (Wildman–Crippen MR) is 415 cm³/mol. The van der Waals surface area contributed by atoms with Gasteiger partial charge in [0.25, 0.3) is 6.47 Å². The fourth-order valence-corrected chi connectivity index (χ4v) is 14.3. The first-order valence-electron chi connectivity index (χ1n) is 35.5. The molecule has 109 heavy (non-hydrogen) atoms. The summed E-state index contributed by atoms with van der Waals surface area (Å²) in [6.07, 6.45) is 17.0. The van der Waals surface area contributed by atoms with Crippen molar-refractivity contribution in [2.24, 2.45) is 0 Å². The van der Waals surface area contributed by atoms with E-state index in [2.05, 4.69) is 83.8 Å². The molecule has 6 saturated heterocycles. The number of piperazine rings is 2. The van der Waals surface area contributed by atoms with E-state index in [0.717, 1.165) is 86.4 Å². The molecule has 31 heteroatoms. The molecule has 6 aliphatic heterocycles. The zero-order valence-corrected chi connectivity index (χ0v) is 73.0. The summed E-state index contributed by atoms with van der Waals surface area (Å²) in [6, 6.07) is 32.7. The van der Waals surface area contributed by atoms with Gasteiger partial charge in [-0.15, -0.1) is 0 Å². The van der Waals surface area contributed by atoms with Crippen molar-refractivity contribution in [1.82, 2.24) is 43.3 Å². The molecule has 0 aliphatic carbocycles. The Bertz CT molecular complexity index is 5340. The number of benzene rings is 3. The summed E-state index contributed by atoms with van der Waals surface area (Å²) in [5.41, 5.74) is 7.68. The number of fused-ring (bicyclic) bond motifs is 8. The monoisotopic (exact) mass is 1670 g/mol. The first-order chi connectivity index (χ1) is 50.9. The summed E-state index contributed by atoms with van der Waals surface area (Å²) in [6.45, 7) is 31.4. The van der Waals surface area contributed by atoms with Gasteiger partial charge in [0.2, 0.25) is 0 Å². The van der Waals surface area contributed by atoms with Crippen molar-refractivity contribution in [1.29, 1.82) is 0 Å². The maximum atomic E-state index is 13.2. The van der Waals surface area contributed by atoms with Gasteiger partial charge in [-0.25, -0.2) is 38.1 Å². The maximum absolute atomic E-state index is 13.2. The topological polar surface area (TPSA) is 251 Å². The number of aryl methyl sites for hydroxylation is 3. The van der Waals surface area contributed by atoms with Crippen LogP contribution in [0.3, 0.4) is 0 Å². The Balaban J connectivity index is 0.000000156. The van der Waals surface area contributed by atoms with Crippen molar-refractivity contribution < 1.29 is 160 Å². The van der Waals surface area contributed by atoms with E-state index in [1.165, 1.54) is 82.7 Å². The molecule has 1 N–H and O–H groups in total. The first kappa shape index (κ1) is 85.9. The van der Waals surface area contributed by atoms with Crippen LogP contribution in [0.2, 0.25) is 0 Å². The number of carbonyl (C=O) groups is 1. The summed E-state index contributed by atoms with van der Waals surface area (Å²) >= 11 is 6.43. The number of anilines is 1. The summed E-state index contributed by atoms with van der Waals surface area (Å²) < 4.78 is 72.8. The minimum atomic E-state index is -0.502. The Morgan fingerprint density at radius 2 is 0.954 bits per heavy atom. The molecule has 0 unspecified atom stereocenters. The Morgan fingerprint density at radius 3 is 1.43 bits per heavy atom. The Hall–Kier alpha value is -5.47. The minimum absolute atomic E-state index is 0. The van der Waals surface area contributed by atoms with Gasteiger partial charge in [0.15, 0.2) is 0 Å². The van der Waals surface area contributed by atoms with E-state index in [4.69, 9.17) is 41.9 Å². The molecule has 0 bridgehead atoms. The Kier molecular flexibility index (Phi) is 29.0. The second-order valence-corrected chi connectivity index (χ2v) is 31.0. The molecule has 3 aromatic carbocycles. The van der Waals surface area contributed by atoms with Crippen molar-refractivity contribution in [3.63, 3.8) is 0 Å². The van der Waals surface area contributed by atoms with Crippen LogP contribution in [0.5, 0.6) is 0 Å². The van der Waals surface area contributed by atoms with Gasteiger partial charge in [-0.3, -0.25) is 14.6 Å². The number of aromatic nitrogens is 6. The van der Waals surface area contributed by atoms with Gasteiger partial charge >= 0.3 is 134 Å². The van der Waals surface area contributed by atoms with Gasteiger partial charge in [-0.2, -0.15) is 0 Å². The third kappa shape index (κ3) is 20.7. The molecular weight excluding hydrogens is 1580 g/mol. The van der Waals surface area contributed by atoms with Crippen molar-refractivity contribution in [3.8, 4) is 22.3 Å². The summed E-state index contributed by atoms with van der Waals surface area (Å²) in [5.74, 6) is -0.850. The molecule has 12 aromatic rings. The van der Waals surface area contributed by atoms with Crippen LogP contribution >= 0.6 is 31.9 Å². The summed E-state index contributed by atoms with van der Waals surface area (Å²) in [5, 5.41) is 14.2. The van der Waals surface area contributed by atoms with Crippen LogP contribution in [0.25, 0.3) is 72.1 Å². The van der Waals surface area contributed by atoms with Gasteiger partial charge < -0.3 is 66.9 Å². The summed E-state index contributed by atoms with van der Waals surface area (Å²) in [7, 11) is -0.952. The number of pyridine rings is 3. The van der Waals surface area contributed by atoms with Crippen LogP contribution in [0.1, 0.15) is 99.6 Å². The number of imidazole rings is 3. The van der Waals surface area contributed by atoms with E-state index >= 15 is 0 Å². The molecular formula is C78H86B2Br2F2K2N10O13. The molecule has 2 atom stereocenters. The number of hydrogen-bond donors (Lipinski definition) is 1. The fraction of sp³-hybridized carbons (Fsp3) is 0.372. The Morgan fingerprint density at radius 1 is 0.532 bits per heavy atom. The quantitative estimate of drug-likeness (QED) is 0.0587.